The number of anilines is 1. The first kappa shape index (κ1) is 14.6. The van der Waals surface area contributed by atoms with Gasteiger partial charge >= 0.3 is 0 Å². The minimum atomic E-state index is -0.0912. The molecule has 0 aliphatic heterocycles. The Bertz CT molecular complexity index is 852. The summed E-state index contributed by atoms with van der Waals surface area (Å²) in [6.45, 7) is 1.96. The van der Waals surface area contributed by atoms with Gasteiger partial charge in [0.05, 0.1) is 6.33 Å². The number of amides is 1. The SMILES string of the molecule is C[C@H](c1nc(-c2cccc(NC(=O)C3CC3)c2)no1)n1ccnc1. The minimum absolute atomic E-state index is 0.0784. The zero-order valence-corrected chi connectivity index (χ0v) is 13.2. The molecule has 0 bridgehead atoms. The largest absolute Gasteiger partial charge is 0.337 e. The molecule has 0 radical (unpaired) electrons. The monoisotopic (exact) mass is 323 g/mol. The van der Waals surface area contributed by atoms with Crippen LogP contribution in [0, 0.1) is 5.92 Å². The Hall–Kier alpha value is -2.96. The Kier molecular flexibility index (Phi) is 3.60. The molecule has 0 saturated heterocycles. The van der Waals surface area contributed by atoms with E-state index in [-0.39, 0.29) is 17.9 Å². The van der Waals surface area contributed by atoms with Gasteiger partial charge in [-0.25, -0.2) is 4.98 Å². The summed E-state index contributed by atoms with van der Waals surface area (Å²) in [4.78, 5) is 20.4. The molecule has 1 aliphatic carbocycles. The molecule has 0 unspecified atom stereocenters. The molecule has 1 amide bonds. The number of hydrogen-bond donors (Lipinski definition) is 1. The molecule has 4 rings (SSSR count). The van der Waals surface area contributed by atoms with Crippen LogP contribution in [-0.4, -0.2) is 25.6 Å². The van der Waals surface area contributed by atoms with Crippen LogP contribution < -0.4 is 5.32 Å². The van der Waals surface area contributed by atoms with E-state index >= 15 is 0 Å². The van der Waals surface area contributed by atoms with Crippen molar-refractivity contribution in [3.05, 3.63) is 48.9 Å². The summed E-state index contributed by atoms with van der Waals surface area (Å²) in [5.74, 6) is 1.26. The topological polar surface area (TPSA) is 85.8 Å². The van der Waals surface area contributed by atoms with Crippen molar-refractivity contribution < 1.29 is 9.32 Å². The third-order valence-electron chi connectivity index (χ3n) is 4.11. The molecular weight excluding hydrogens is 306 g/mol. The Labute approximate surface area is 138 Å². The van der Waals surface area contributed by atoms with Crippen LogP contribution in [0.15, 0.2) is 47.5 Å². The van der Waals surface area contributed by atoms with E-state index < -0.39 is 0 Å². The van der Waals surface area contributed by atoms with Crippen LogP contribution in [0.4, 0.5) is 5.69 Å². The van der Waals surface area contributed by atoms with Crippen LogP contribution in [0.1, 0.15) is 31.7 Å². The van der Waals surface area contributed by atoms with Gasteiger partial charge in [0, 0.05) is 29.6 Å². The summed E-state index contributed by atoms with van der Waals surface area (Å²) in [6, 6.07) is 7.39. The third kappa shape index (κ3) is 2.92. The lowest BCUT2D eigenvalue weighted by molar-refractivity contribution is -0.117. The van der Waals surface area contributed by atoms with Crippen molar-refractivity contribution in [2.75, 3.05) is 5.32 Å². The molecule has 1 fully saturated rings. The fourth-order valence-electron chi connectivity index (χ4n) is 2.47. The van der Waals surface area contributed by atoms with Crippen molar-refractivity contribution in [3.63, 3.8) is 0 Å². The molecule has 3 aromatic rings. The summed E-state index contributed by atoms with van der Waals surface area (Å²) in [5, 5.41) is 6.98. The highest BCUT2D eigenvalue weighted by atomic mass is 16.5. The molecule has 7 heteroatoms. The van der Waals surface area contributed by atoms with E-state index in [1.54, 1.807) is 12.5 Å². The molecule has 1 atom stereocenters. The van der Waals surface area contributed by atoms with Crippen molar-refractivity contribution in [1.82, 2.24) is 19.7 Å². The van der Waals surface area contributed by atoms with Gasteiger partial charge in [0.25, 0.3) is 0 Å². The zero-order chi connectivity index (χ0) is 16.5. The van der Waals surface area contributed by atoms with E-state index in [1.807, 2.05) is 42.0 Å². The van der Waals surface area contributed by atoms with Crippen LogP contribution >= 0.6 is 0 Å². The Balaban J connectivity index is 1.54. The van der Waals surface area contributed by atoms with E-state index in [1.165, 1.54) is 0 Å². The molecule has 2 heterocycles. The summed E-state index contributed by atoms with van der Waals surface area (Å²) < 4.78 is 7.27. The molecule has 2 aromatic heterocycles. The Morgan fingerprint density at radius 2 is 2.29 bits per heavy atom. The molecule has 1 aromatic carbocycles. The van der Waals surface area contributed by atoms with Gasteiger partial charge in [-0.15, -0.1) is 0 Å². The number of benzene rings is 1. The molecule has 1 aliphatic rings. The standard InChI is InChI=1S/C17H17N5O2/c1-11(22-8-7-18-10-22)17-20-15(21-24-17)13-3-2-4-14(9-13)19-16(23)12-5-6-12/h2-4,7-12H,5-6H2,1H3,(H,19,23)/t11-/m1/s1. The lowest BCUT2D eigenvalue weighted by atomic mass is 10.2. The molecule has 1 saturated carbocycles. The first-order valence-corrected chi connectivity index (χ1v) is 7.93. The van der Waals surface area contributed by atoms with Crippen molar-refractivity contribution >= 4 is 11.6 Å². The highest BCUT2D eigenvalue weighted by Crippen LogP contribution is 2.30. The van der Waals surface area contributed by atoms with Gasteiger partial charge in [-0.05, 0) is 31.9 Å². The molecule has 0 spiro atoms. The van der Waals surface area contributed by atoms with Gasteiger partial charge in [0.2, 0.25) is 17.6 Å². The molecule has 122 valence electrons. The molecule has 7 nitrogen and oxygen atoms in total. The van der Waals surface area contributed by atoms with Gasteiger partial charge in [0.15, 0.2) is 0 Å². The van der Waals surface area contributed by atoms with Crippen LogP contribution in [-0.2, 0) is 4.79 Å². The third-order valence-corrected chi connectivity index (χ3v) is 4.11. The lowest BCUT2D eigenvalue weighted by Gasteiger charge is -2.06. The normalized spacial score (nSPS) is 15.2. The average molecular weight is 323 g/mol. The fraction of sp³-hybridized carbons (Fsp3) is 0.294. The maximum atomic E-state index is 11.9. The average Bonchev–Trinajstić information content (AvgIpc) is 3.11. The number of aromatic nitrogens is 4. The number of nitrogens with zero attached hydrogens (tertiary/aromatic N) is 4. The van der Waals surface area contributed by atoms with E-state index in [0.29, 0.717) is 11.7 Å². The van der Waals surface area contributed by atoms with Crippen LogP contribution in [0.25, 0.3) is 11.4 Å². The van der Waals surface area contributed by atoms with E-state index in [2.05, 4.69) is 20.4 Å². The predicted octanol–water partition coefficient (Wildman–Crippen LogP) is 2.89. The van der Waals surface area contributed by atoms with Gasteiger partial charge in [0.1, 0.15) is 6.04 Å². The summed E-state index contributed by atoms with van der Waals surface area (Å²) >= 11 is 0. The number of imidazole rings is 1. The first-order valence-electron chi connectivity index (χ1n) is 7.93. The van der Waals surface area contributed by atoms with E-state index in [0.717, 1.165) is 24.1 Å². The number of hydrogen-bond acceptors (Lipinski definition) is 5. The van der Waals surface area contributed by atoms with Crippen molar-refractivity contribution in [3.8, 4) is 11.4 Å². The van der Waals surface area contributed by atoms with Crippen molar-refractivity contribution in [1.29, 1.82) is 0 Å². The summed E-state index contributed by atoms with van der Waals surface area (Å²) in [6.07, 6.45) is 7.22. The first-order chi connectivity index (χ1) is 11.7. The lowest BCUT2D eigenvalue weighted by Crippen LogP contribution is -2.13. The van der Waals surface area contributed by atoms with Crippen LogP contribution in [0.5, 0.6) is 0 Å². The van der Waals surface area contributed by atoms with Gasteiger partial charge in [-0.1, -0.05) is 17.3 Å². The molecule has 1 N–H and O–H groups in total. The van der Waals surface area contributed by atoms with Gasteiger partial charge < -0.3 is 14.4 Å². The minimum Gasteiger partial charge on any atom is -0.337 e. The number of carbonyl (C=O) groups is 1. The zero-order valence-electron chi connectivity index (χ0n) is 13.2. The van der Waals surface area contributed by atoms with Gasteiger partial charge in [-0.2, -0.15) is 4.98 Å². The highest BCUT2D eigenvalue weighted by Gasteiger charge is 2.29. The highest BCUT2D eigenvalue weighted by molar-refractivity contribution is 5.94. The Morgan fingerprint density at radius 1 is 1.42 bits per heavy atom. The number of rotatable bonds is 5. The second-order valence-electron chi connectivity index (χ2n) is 5.99. The van der Waals surface area contributed by atoms with Gasteiger partial charge in [-0.3, -0.25) is 4.79 Å². The summed E-state index contributed by atoms with van der Waals surface area (Å²) in [5.41, 5.74) is 1.55. The predicted molar refractivity (Wildman–Crippen MR) is 87.1 cm³/mol. The van der Waals surface area contributed by atoms with Crippen LogP contribution in [0.2, 0.25) is 0 Å². The van der Waals surface area contributed by atoms with Crippen molar-refractivity contribution in [2.24, 2.45) is 5.92 Å². The fourth-order valence-corrected chi connectivity index (χ4v) is 2.47. The number of carbonyl (C=O) groups excluding carboxylic acids is 1. The second kappa shape index (κ2) is 5.92. The molecule has 24 heavy (non-hydrogen) atoms. The second-order valence-corrected chi connectivity index (χ2v) is 5.99. The Morgan fingerprint density at radius 3 is 3.04 bits per heavy atom. The van der Waals surface area contributed by atoms with Crippen LogP contribution in [0.3, 0.4) is 0 Å². The van der Waals surface area contributed by atoms with Crippen molar-refractivity contribution in [2.45, 2.75) is 25.8 Å². The summed E-state index contributed by atoms with van der Waals surface area (Å²) in [7, 11) is 0. The molecular formula is C17H17N5O2. The quantitative estimate of drug-likeness (QED) is 0.780. The van der Waals surface area contributed by atoms with E-state index in [4.69, 9.17) is 4.52 Å². The number of nitrogens with one attached hydrogen (secondary N) is 1. The smallest absolute Gasteiger partial charge is 0.249 e. The maximum absolute atomic E-state index is 11.9. The maximum Gasteiger partial charge on any atom is 0.249 e. The van der Waals surface area contributed by atoms with E-state index in [9.17, 15) is 4.79 Å².